The molecule has 0 unspecified atom stereocenters. The van der Waals surface area contributed by atoms with Crippen LogP contribution >= 0.6 is 0 Å². The zero-order chi connectivity index (χ0) is 19.7. The van der Waals surface area contributed by atoms with E-state index in [0.29, 0.717) is 30.5 Å². The van der Waals surface area contributed by atoms with Crippen molar-refractivity contribution < 1.29 is 27.4 Å². The average molecular weight is 394 g/mol. The van der Waals surface area contributed by atoms with Crippen LogP contribution in [0.4, 0.5) is 0 Å². The van der Waals surface area contributed by atoms with Gasteiger partial charge < -0.3 is 14.2 Å². The minimum Gasteiger partial charge on any atom is -0.494 e. The summed E-state index contributed by atoms with van der Waals surface area (Å²) in [4.78, 5) is 13.8. The van der Waals surface area contributed by atoms with Gasteiger partial charge in [-0.1, -0.05) is 0 Å². The quantitative estimate of drug-likeness (QED) is 0.597. The molecule has 0 spiro atoms. The lowest BCUT2D eigenvalue weighted by atomic mass is 10.3. The summed E-state index contributed by atoms with van der Waals surface area (Å²) in [6, 6.07) is 12.6. The van der Waals surface area contributed by atoms with E-state index < -0.39 is 15.9 Å². The van der Waals surface area contributed by atoms with Gasteiger partial charge in [-0.2, -0.15) is 0 Å². The predicted molar refractivity (Wildman–Crippen MR) is 99.2 cm³/mol. The molecule has 9 heteroatoms. The van der Waals surface area contributed by atoms with Gasteiger partial charge in [0.05, 0.1) is 18.1 Å². The van der Waals surface area contributed by atoms with Gasteiger partial charge in [0.15, 0.2) is 6.61 Å². The van der Waals surface area contributed by atoms with Crippen molar-refractivity contribution in [3.63, 3.8) is 0 Å². The number of amides is 1. The van der Waals surface area contributed by atoms with Crippen LogP contribution in [0.1, 0.15) is 13.8 Å². The van der Waals surface area contributed by atoms with E-state index in [2.05, 4.69) is 5.43 Å². The lowest BCUT2D eigenvalue weighted by molar-refractivity contribution is -0.123. The van der Waals surface area contributed by atoms with Crippen LogP contribution in [0.2, 0.25) is 0 Å². The third kappa shape index (κ3) is 6.46. The van der Waals surface area contributed by atoms with Crippen LogP contribution in [-0.2, 0) is 14.8 Å². The zero-order valence-electron chi connectivity index (χ0n) is 15.1. The highest BCUT2D eigenvalue weighted by Crippen LogP contribution is 2.17. The first-order valence-corrected chi connectivity index (χ1v) is 9.82. The summed E-state index contributed by atoms with van der Waals surface area (Å²) in [5, 5.41) is 0. The molecule has 2 rings (SSSR count). The fraction of sp³-hybridized carbons (Fsp3) is 0.278. The van der Waals surface area contributed by atoms with Gasteiger partial charge in [0.2, 0.25) is 0 Å². The molecule has 0 saturated heterocycles. The number of carbonyl (C=O) groups is 1. The number of hydrogen-bond acceptors (Lipinski definition) is 6. The summed E-state index contributed by atoms with van der Waals surface area (Å²) in [5.74, 6) is 1.07. The van der Waals surface area contributed by atoms with Crippen molar-refractivity contribution >= 4 is 15.9 Å². The number of benzene rings is 2. The average Bonchev–Trinajstić information content (AvgIpc) is 2.67. The molecule has 0 aliphatic heterocycles. The molecule has 0 aliphatic rings. The van der Waals surface area contributed by atoms with E-state index in [4.69, 9.17) is 14.2 Å². The molecule has 0 saturated carbocycles. The van der Waals surface area contributed by atoms with E-state index in [0.717, 1.165) is 0 Å². The van der Waals surface area contributed by atoms with Gasteiger partial charge in [-0.25, -0.2) is 8.42 Å². The van der Waals surface area contributed by atoms with Crippen molar-refractivity contribution in [1.29, 1.82) is 0 Å². The fourth-order valence-electron chi connectivity index (χ4n) is 2.05. The summed E-state index contributed by atoms with van der Waals surface area (Å²) in [6.07, 6.45) is 0. The van der Waals surface area contributed by atoms with E-state index in [9.17, 15) is 13.2 Å². The first kappa shape index (κ1) is 20.5. The monoisotopic (exact) mass is 394 g/mol. The third-order valence-electron chi connectivity index (χ3n) is 3.27. The van der Waals surface area contributed by atoms with Gasteiger partial charge in [-0.3, -0.25) is 10.2 Å². The number of ether oxygens (including phenoxy) is 3. The van der Waals surface area contributed by atoms with Gasteiger partial charge in [0.1, 0.15) is 17.2 Å². The summed E-state index contributed by atoms with van der Waals surface area (Å²) < 4.78 is 40.2. The number of hydrogen-bond donors (Lipinski definition) is 2. The largest absolute Gasteiger partial charge is 0.494 e. The Morgan fingerprint density at radius 2 is 1.26 bits per heavy atom. The maximum Gasteiger partial charge on any atom is 0.272 e. The van der Waals surface area contributed by atoms with Crippen molar-refractivity contribution in [3.05, 3.63) is 48.5 Å². The van der Waals surface area contributed by atoms with Gasteiger partial charge in [0.25, 0.3) is 15.9 Å². The molecule has 0 aliphatic carbocycles. The Morgan fingerprint density at radius 1 is 0.815 bits per heavy atom. The number of hydrazine groups is 1. The van der Waals surface area contributed by atoms with Crippen LogP contribution in [0, 0.1) is 0 Å². The van der Waals surface area contributed by atoms with E-state index in [1.54, 1.807) is 24.3 Å². The molecule has 8 nitrogen and oxygen atoms in total. The second-order valence-corrected chi connectivity index (χ2v) is 6.93. The van der Waals surface area contributed by atoms with E-state index in [1.165, 1.54) is 24.3 Å². The van der Waals surface area contributed by atoms with Gasteiger partial charge >= 0.3 is 0 Å². The topological polar surface area (TPSA) is 103 Å². The molecule has 146 valence electrons. The first-order chi connectivity index (χ1) is 12.9. The minimum absolute atomic E-state index is 0.00122. The Kier molecular flexibility index (Phi) is 7.44. The highest BCUT2D eigenvalue weighted by Gasteiger charge is 2.15. The SMILES string of the molecule is CCOc1ccc(OCC(=O)NNS(=O)(=O)c2ccc(OCC)cc2)cc1. The highest BCUT2D eigenvalue weighted by molar-refractivity contribution is 7.89. The van der Waals surface area contributed by atoms with E-state index in [1.807, 2.05) is 18.7 Å². The maximum atomic E-state index is 12.2. The molecule has 0 atom stereocenters. The first-order valence-electron chi connectivity index (χ1n) is 8.33. The summed E-state index contributed by atoms with van der Waals surface area (Å²) in [6.45, 7) is 4.39. The Labute approximate surface area is 158 Å². The molecular weight excluding hydrogens is 372 g/mol. The molecular formula is C18H22N2O6S. The van der Waals surface area contributed by atoms with Crippen LogP contribution in [-0.4, -0.2) is 34.1 Å². The Balaban J connectivity index is 1.83. The summed E-state index contributed by atoms with van der Waals surface area (Å²) in [5.41, 5.74) is 2.11. The van der Waals surface area contributed by atoms with Crippen molar-refractivity contribution in [1.82, 2.24) is 10.3 Å². The van der Waals surface area contributed by atoms with Crippen molar-refractivity contribution in [2.45, 2.75) is 18.7 Å². The van der Waals surface area contributed by atoms with E-state index >= 15 is 0 Å². The van der Waals surface area contributed by atoms with Crippen molar-refractivity contribution in [3.8, 4) is 17.2 Å². The molecule has 0 fully saturated rings. The number of rotatable bonds is 10. The number of sulfonamides is 1. The lowest BCUT2D eigenvalue weighted by Crippen LogP contribution is -2.43. The minimum atomic E-state index is -3.89. The Bertz CT molecular complexity index is 835. The van der Waals surface area contributed by atoms with Crippen LogP contribution in [0.25, 0.3) is 0 Å². The van der Waals surface area contributed by atoms with Crippen molar-refractivity contribution in [2.24, 2.45) is 0 Å². The molecule has 2 aromatic rings. The van der Waals surface area contributed by atoms with Crippen molar-refractivity contribution in [2.75, 3.05) is 19.8 Å². The molecule has 2 aromatic carbocycles. The lowest BCUT2D eigenvalue weighted by Gasteiger charge is -2.10. The predicted octanol–water partition coefficient (Wildman–Crippen LogP) is 1.87. The molecule has 0 aromatic heterocycles. The van der Waals surface area contributed by atoms with Gasteiger partial charge in [-0.05, 0) is 62.4 Å². The van der Waals surface area contributed by atoms with Gasteiger partial charge in [0, 0.05) is 0 Å². The molecule has 1 amide bonds. The smallest absolute Gasteiger partial charge is 0.272 e. The molecule has 0 radical (unpaired) electrons. The Hall–Kier alpha value is -2.78. The number of carbonyl (C=O) groups excluding carboxylic acids is 1. The fourth-order valence-corrected chi connectivity index (χ4v) is 2.91. The second-order valence-electron chi connectivity index (χ2n) is 5.25. The van der Waals surface area contributed by atoms with E-state index in [-0.39, 0.29) is 11.5 Å². The molecule has 2 N–H and O–H groups in total. The highest BCUT2D eigenvalue weighted by atomic mass is 32.2. The molecule has 27 heavy (non-hydrogen) atoms. The third-order valence-corrected chi connectivity index (χ3v) is 4.54. The van der Waals surface area contributed by atoms with Gasteiger partial charge in [-0.15, -0.1) is 4.83 Å². The maximum absolute atomic E-state index is 12.2. The summed E-state index contributed by atoms with van der Waals surface area (Å²) in [7, 11) is -3.89. The molecule has 0 heterocycles. The zero-order valence-corrected chi connectivity index (χ0v) is 15.9. The normalized spacial score (nSPS) is 10.9. The molecule has 0 bridgehead atoms. The van der Waals surface area contributed by atoms with Crippen LogP contribution in [0.15, 0.2) is 53.4 Å². The Morgan fingerprint density at radius 3 is 1.74 bits per heavy atom. The summed E-state index contributed by atoms with van der Waals surface area (Å²) >= 11 is 0. The van der Waals surface area contributed by atoms with Crippen LogP contribution < -0.4 is 24.5 Å². The van der Waals surface area contributed by atoms with Crippen LogP contribution in [0.3, 0.4) is 0 Å². The number of nitrogens with one attached hydrogen (secondary N) is 2. The van der Waals surface area contributed by atoms with Crippen LogP contribution in [0.5, 0.6) is 17.2 Å². The standard InChI is InChI=1S/C18H22N2O6S/c1-3-24-14-5-7-16(8-6-14)26-13-18(21)19-20-27(22,23)17-11-9-15(10-12-17)25-4-2/h5-12,20H,3-4,13H2,1-2H3,(H,19,21). The second kappa shape index (κ2) is 9.79.